The minimum atomic E-state index is -0.0287. The zero-order chi connectivity index (χ0) is 10.9. The fraction of sp³-hybridized carbons (Fsp3) is 0.636. The van der Waals surface area contributed by atoms with Crippen LogP contribution in [0.15, 0.2) is 10.9 Å². The topological polar surface area (TPSA) is 42.0 Å². The van der Waals surface area contributed by atoms with Gasteiger partial charge in [-0.15, -0.1) is 11.3 Å². The van der Waals surface area contributed by atoms with E-state index in [0.29, 0.717) is 17.2 Å². The van der Waals surface area contributed by atoms with Crippen molar-refractivity contribution in [1.29, 1.82) is 0 Å². The normalized spacial score (nSPS) is 24.0. The molecule has 3 nitrogen and oxygen atoms in total. The molecular formula is C11H16N2OS. The van der Waals surface area contributed by atoms with Crippen LogP contribution in [0.25, 0.3) is 0 Å². The van der Waals surface area contributed by atoms with Gasteiger partial charge in [0.25, 0.3) is 5.91 Å². The van der Waals surface area contributed by atoms with Crippen molar-refractivity contribution in [2.24, 2.45) is 5.41 Å². The van der Waals surface area contributed by atoms with E-state index in [0.717, 1.165) is 12.8 Å². The molecule has 0 radical (unpaired) electrons. The number of aromatic nitrogens is 1. The van der Waals surface area contributed by atoms with E-state index < -0.39 is 0 Å². The molecule has 0 aliphatic heterocycles. The van der Waals surface area contributed by atoms with E-state index in [1.165, 1.54) is 17.8 Å². The van der Waals surface area contributed by atoms with Crippen LogP contribution in [0.3, 0.4) is 0 Å². The highest BCUT2D eigenvalue weighted by Crippen LogP contribution is 2.36. The number of thiazole rings is 1. The molecule has 0 spiro atoms. The second-order valence-corrected chi connectivity index (χ2v) is 5.67. The number of amides is 1. The first-order valence-electron chi connectivity index (χ1n) is 5.26. The van der Waals surface area contributed by atoms with Crippen molar-refractivity contribution < 1.29 is 4.79 Å². The van der Waals surface area contributed by atoms with Gasteiger partial charge in [-0.25, -0.2) is 4.98 Å². The first-order chi connectivity index (χ1) is 7.07. The maximum atomic E-state index is 11.7. The fourth-order valence-electron chi connectivity index (χ4n) is 2.14. The number of hydrogen-bond donors (Lipinski definition) is 1. The van der Waals surface area contributed by atoms with Gasteiger partial charge in [-0.2, -0.15) is 0 Å². The number of nitrogens with zero attached hydrogens (tertiary/aromatic N) is 1. The maximum absolute atomic E-state index is 11.7. The third-order valence-corrected chi connectivity index (χ3v) is 3.56. The largest absolute Gasteiger partial charge is 0.348 e. The number of hydrogen-bond acceptors (Lipinski definition) is 3. The Morgan fingerprint density at radius 3 is 3.00 bits per heavy atom. The number of carbonyl (C=O) groups is 1. The predicted octanol–water partition coefficient (Wildman–Crippen LogP) is 2.45. The molecule has 2 rings (SSSR count). The van der Waals surface area contributed by atoms with Gasteiger partial charge >= 0.3 is 0 Å². The summed E-state index contributed by atoms with van der Waals surface area (Å²) in [6.07, 6.45) is 3.35. The zero-order valence-corrected chi connectivity index (χ0v) is 9.93. The molecule has 1 amide bonds. The number of carbonyl (C=O) groups excluding carboxylic acids is 1. The van der Waals surface area contributed by atoms with Crippen LogP contribution in [0.1, 0.15) is 43.6 Å². The van der Waals surface area contributed by atoms with Gasteiger partial charge < -0.3 is 5.32 Å². The van der Waals surface area contributed by atoms with Crippen LogP contribution in [-0.4, -0.2) is 16.9 Å². The van der Waals surface area contributed by atoms with E-state index in [-0.39, 0.29) is 5.91 Å². The molecule has 1 aliphatic carbocycles. The lowest BCUT2D eigenvalue weighted by Gasteiger charge is -2.17. The Morgan fingerprint density at radius 2 is 2.47 bits per heavy atom. The fourth-order valence-corrected chi connectivity index (χ4v) is 2.68. The van der Waals surface area contributed by atoms with Crippen LogP contribution in [0, 0.1) is 5.41 Å². The van der Waals surface area contributed by atoms with Crippen LogP contribution in [0.4, 0.5) is 0 Å². The van der Waals surface area contributed by atoms with Gasteiger partial charge in [0.05, 0.1) is 5.51 Å². The molecular weight excluding hydrogens is 208 g/mol. The second kappa shape index (κ2) is 3.93. The van der Waals surface area contributed by atoms with Gasteiger partial charge in [0.15, 0.2) is 0 Å². The highest BCUT2D eigenvalue weighted by Gasteiger charge is 2.31. The van der Waals surface area contributed by atoms with Crippen LogP contribution in [0.5, 0.6) is 0 Å². The Bertz CT molecular complexity index is 345. The molecule has 1 saturated carbocycles. The average molecular weight is 224 g/mol. The molecule has 4 heteroatoms. The van der Waals surface area contributed by atoms with Crippen molar-refractivity contribution in [1.82, 2.24) is 10.3 Å². The lowest BCUT2D eigenvalue weighted by atomic mass is 9.92. The molecule has 15 heavy (non-hydrogen) atoms. The first-order valence-corrected chi connectivity index (χ1v) is 6.20. The molecule has 1 N–H and O–H groups in total. The lowest BCUT2D eigenvalue weighted by molar-refractivity contribution is 0.0931. The van der Waals surface area contributed by atoms with Crippen LogP contribution >= 0.6 is 11.3 Å². The summed E-state index contributed by atoms with van der Waals surface area (Å²) in [6, 6.07) is 0.328. The van der Waals surface area contributed by atoms with Crippen LogP contribution in [-0.2, 0) is 0 Å². The molecule has 82 valence electrons. The summed E-state index contributed by atoms with van der Waals surface area (Å²) in [6.45, 7) is 4.50. The standard InChI is InChI=1S/C11H16N2OS/c1-11(2)4-3-8(5-11)13-10(14)9-6-15-7-12-9/h6-8H,3-5H2,1-2H3,(H,13,14). The molecule has 0 aromatic carbocycles. The van der Waals surface area contributed by atoms with Crippen molar-refractivity contribution in [3.63, 3.8) is 0 Å². The van der Waals surface area contributed by atoms with E-state index >= 15 is 0 Å². The van der Waals surface area contributed by atoms with E-state index in [9.17, 15) is 4.79 Å². The molecule has 1 fully saturated rings. The quantitative estimate of drug-likeness (QED) is 0.838. The van der Waals surface area contributed by atoms with Crippen molar-refractivity contribution in [2.45, 2.75) is 39.2 Å². The summed E-state index contributed by atoms with van der Waals surface area (Å²) >= 11 is 1.45. The lowest BCUT2D eigenvalue weighted by Crippen LogP contribution is -2.33. The summed E-state index contributed by atoms with van der Waals surface area (Å²) in [5.41, 5.74) is 2.61. The minimum absolute atomic E-state index is 0.0287. The predicted molar refractivity (Wildman–Crippen MR) is 61.0 cm³/mol. The van der Waals surface area contributed by atoms with Crippen molar-refractivity contribution in [3.05, 3.63) is 16.6 Å². The maximum Gasteiger partial charge on any atom is 0.270 e. The molecule has 1 heterocycles. The summed E-state index contributed by atoms with van der Waals surface area (Å²) in [4.78, 5) is 15.7. The highest BCUT2D eigenvalue weighted by molar-refractivity contribution is 7.07. The van der Waals surface area contributed by atoms with Crippen molar-refractivity contribution in [2.75, 3.05) is 0 Å². The SMILES string of the molecule is CC1(C)CCC(NC(=O)c2cscn2)C1. The van der Waals surface area contributed by atoms with Crippen LogP contribution in [0.2, 0.25) is 0 Å². The van der Waals surface area contributed by atoms with E-state index in [2.05, 4.69) is 24.1 Å². The van der Waals surface area contributed by atoms with E-state index in [1.54, 1.807) is 10.9 Å². The Labute approximate surface area is 93.9 Å². The molecule has 1 unspecified atom stereocenters. The van der Waals surface area contributed by atoms with Crippen molar-refractivity contribution >= 4 is 17.2 Å². The number of nitrogens with one attached hydrogen (secondary N) is 1. The average Bonchev–Trinajstić information content (AvgIpc) is 2.74. The highest BCUT2D eigenvalue weighted by atomic mass is 32.1. The summed E-state index contributed by atoms with van der Waals surface area (Å²) in [5.74, 6) is -0.0287. The third kappa shape index (κ3) is 2.56. The van der Waals surface area contributed by atoms with Gasteiger partial charge in [-0.3, -0.25) is 4.79 Å². The minimum Gasteiger partial charge on any atom is -0.348 e. The Kier molecular flexibility index (Phi) is 2.78. The molecule has 1 aromatic rings. The molecule has 1 aliphatic rings. The smallest absolute Gasteiger partial charge is 0.270 e. The van der Waals surface area contributed by atoms with Crippen molar-refractivity contribution in [3.8, 4) is 0 Å². The van der Waals surface area contributed by atoms with Gasteiger partial charge in [0.2, 0.25) is 0 Å². The monoisotopic (exact) mass is 224 g/mol. The first kappa shape index (κ1) is 10.6. The summed E-state index contributed by atoms with van der Waals surface area (Å²) < 4.78 is 0. The number of rotatable bonds is 2. The molecule has 0 saturated heterocycles. The van der Waals surface area contributed by atoms with Gasteiger partial charge in [-0.05, 0) is 24.7 Å². The van der Waals surface area contributed by atoms with Gasteiger partial charge in [0, 0.05) is 11.4 Å². The van der Waals surface area contributed by atoms with E-state index in [4.69, 9.17) is 0 Å². The van der Waals surface area contributed by atoms with Gasteiger partial charge in [0.1, 0.15) is 5.69 Å². The summed E-state index contributed by atoms with van der Waals surface area (Å²) in [5, 5.41) is 4.83. The Morgan fingerprint density at radius 1 is 1.67 bits per heavy atom. The molecule has 1 atom stereocenters. The molecule has 0 bridgehead atoms. The summed E-state index contributed by atoms with van der Waals surface area (Å²) in [7, 11) is 0. The second-order valence-electron chi connectivity index (χ2n) is 4.95. The molecule has 1 aromatic heterocycles. The Balaban J connectivity index is 1.91. The van der Waals surface area contributed by atoms with Gasteiger partial charge in [-0.1, -0.05) is 13.8 Å². The van der Waals surface area contributed by atoms with E-state index in [1.807, 2.05) is 0 Å². The zero-order valence-electron chi connectivity index (χ0n) is 9.12. The Hall–Kier alpha value is -0.900. The van der Waals surface area contributed by atoms with Crippen LogP contribution < -0.4 is 5.32 Å². The third-order valence-electron chi connectivity index (χ3n) is 2.97.